The van der Waals surface area contributed by atoms with E-state index in [1.807, 2.05) is 20.9 Å². The molecule has 0 aliphatic carbocycles. The summed E-state index contributed by atoms with van der Waals surface area (Å²) in [4.78, 5) is 16.3. The van der Waals surface area contributed by atoms with Crippen molar-refractivity contribution in [2.75, 3.05) is 7.05 Å². The molecule has 0 aliphatic rings. The van der Waals surface area contributed by atoms with Crippen LogP contribution in [0, 0.1) is 0 Å². The predicted molar refractivity (Wildman–Crippen MR) is 74.9 cm³/mol. The van der Waals surface area contributed by atoms with E-state index in [1.165, 1.54) is 10.4 Å². The highest BCUT2D eigenvalue weighted by molar-refractivity contribution is 7.14. The zero-order valence-corrected chi connectivity index (χ0v) is 12.4. The summed E-state index contributed by atoms with van der Waals surface area (Å²) in [5.74, 6) is 0.155. The normalized spacial score (nSPS) is 10.9. The molecular weight excluding hydrogens is 230 g/mol. The molecule has 2 nitrogen and oxygen atoms in total. The molecule has 0 saturated carbocycles. The minimum Gasteiger partial charge on any atom is -0.339 e. The van der Waals surface area contributed by atoms with Gasteiger partial charge in [0.25, 0.3) is 5.91 Å². The molecule has 3 heteroatoms. The molecule has 1 rings (SSSR count). The van der Waals surface area contributed by atoms with Crippen molar-refractivity contribution < 1.29 is 4.79 Å². The van der Waals surface area contributed by atoms with E-state index in [0.717, 1.165) is 24.1 Å². The number of hydrogen-bond donors (Lipinski definition) is 0. The molecule has 0 radical (unpaired) electrons. The van der Waals surface area contributed by atoms with Gasteiger partial charge in [0.05, 0.1) is 4.88 Å². The van der Waals surface area contributed by atoms with Gasteiger partial charge in [-0.3, -0.25) is 4.79 Å². The lowest BCUT2D eigenvalue weighted by atomic mass is 10.1. The van der Waals surface area contributed by atoms with Crippen LogP contribution in [0.5, 0.6) is 0 Å². The van der Waals surface area contributed by atoms with Gasteiger partial charge in [-0.1, -0.05) is 20.3 Å². The van der Waals surface area contributed by atoms with Crippen molar-refractivity contribution in [2.24, 2.45) is 0 Å². The molecule has 1 aromatic heterocycles. The summed E-state index contributed by atoms with van der Waals surface area (Å²) in [5.41, 5.74) is 1.34. The van der Waals surface area contributed by atoms with Crippen molar-refractivity contribution in [1.82, 2.24) is 4.90 Å². The molecule has 1 aromatic rings. The Morgan fingerprint density at radius 3 is 2.53 bits per heavy atom. The quantitative estimate of drug-likeness (QED) is 0.782. The van der Waals surface area contributed by atoms with Crippen molar-refractivity contribution in [2.45, 2.75) is 53.0 Å². The Kier molecular flexibility index (Phi) is 5.19. The molecule has 0 saturated heterocycles. The van der Waals surface area contributed by atoms with E-state index >= 15 is 0 Å². The van der Waals surface area contributed by atoms with Crippen LogP contribution >= 0.6 is 11.3 Å². The zero-order valence-electron chi connectivity index (χ0n) is 11.5. The van der Waals surface area contributed by atoms with E-state index < -0.39 is 0 Å². The first-order chi connectivity index (χ1) is 8.01. The first kappa shape index (κ1) is 14.2. The highest BCUT2D eigenvalue weighted by Crippen LogP contribution is 2.25. The second-order valence-electron chi connectivity index (χ2n) is 4.67. The van der Waals surface area contributed by atoms with Crippen LogP contribution in [0.1, 0.15) is 54.2 Å². The molecule has 0 unspecified atom stereocenters. The molecule has 0 fully saturated rings. The van der Waals surface area contributed by atoms with Crippen LogP contribution in [0.15, 0.2) is 6.07 Å². The van der Waals surface area contributed by atoms with Crippen molar-refractivity contribution in [1.29, 1.82) is 0 Å². The monoisotopic (exact) mass is 253 g/mol. The van der Waals surface area contributed by atoms with Gasteiger partial charge in [-0.15, -0.1) is 11.3 Å². The van der Waals surface area contributed by atoms with Gasteiger partial charge in [0.1, 0.15) is 0 Å². The number of hydrogen-bond acceptors (Lipinski definition) is 2. The van der Waals surface area contributed by atoms with Crippen molar-refractivity contribution in [3.63, 3.8) is 0 Å². The second kappa shape index (κ2) is 6.20. The fraction of sp³-hybridized carbons (Fsp3) is 0.643. The Bertz CT molecular complexity index is 382. The van der Waals surface area contributed by atoms with Crippen LogP contribution in [0.25, 0.3) is 0 Å². The minimum atomic E-state index is 0.155. The maximum atomic E-state index is 12.2. The molecule has 0 bridgehead atoms. The lowest BCUT2D eigenvalue weighted by Crippen LogP contribution is -2.32. The first-order valence-electron chi connectivity index (χ1n) is 6.39. The fourth-order valence-corrected chi connectivity index (χ4v) is 3.06. The van der Waals surface area contributed by atoms with E-state index in [2.05, 4.69) is 19.9 Å². The van der Waals surface area contributed by atoms with Gasteiger partial charge in [-0.25, -0.2) is 0 Å². The van der Waals surface area contributed by atoms with Gasteiger partial charge in [-0.05, 0) is 38.3 Å². The Morgan fingerprint density at radius 1 is 1.41 bits per heavy atom. The van der Waals surface area contributed by atoms with Gasteiger partial charge < -0.3 is 4.90 Å². The Labute approximate surface area is 109 Å². The summed E-state index contributed by atoms with van der Waals surface area (Å²) in [6, 6.07) is 2.33. The third-order valence-corrected chi connectivity index (χ3v) is 4.29. The molecule has 1 amide bonds. The number of carbonyl (C=O) groups is 1. The van der Waals surface area contributed by atoms with Crippen LogP contribution in [-0.4, -0.2) is 23.9 Å². The van der Waals surface area contributed by atoms with E-state index in [4.69, 9.17) is 0 Å². The molecule has 0 aliphatic heterocycles. The van der Waals surface area contributed by atoms with Gasteiger partial charge in [0.15, 0.2) is 0 Å². The summed E-state index contributed by atoms with van der Waals surface area (Å²) in [7, 11) is 1.87. The zero-order chi connectivity index (χ0) is 13.0. The van der Waals surface area contributed by atoms with Crippen LogP contribution in [0.2, 0.25) is 0 Å². The summed E-state index contributed by atoms with van der Waals surface area (Å²) in [5, 5.41) is 0. The molecule has 1 heterocycles. The fourth-order valence-electron chi connectivity index (χ4n) is 1.72. The van der Waals surface area contributed by atoms with Crippen LogP contribution in [0.3, 0.4) is 0 Å². The molecule has 0 N–H and O–H groups in total. The first-order valence-corrected chi connectivity index (χ1v) is 7.21. The standard InChI is InChI=1S/C14H23NOS/c1-6-8-12-11(7-2)9-13(17-12)14(16)15(5)10(3)4/h9-10H,6-8H2,1-5H3. The van der Waals surface area contributed by atoms with Crippen molar-refractivity contribution in [3.8, 4) is 0 Å². The predicted octanol–water partition coefficient (Wildman–Crippen LogP) is 3.74. The Morgan fingerprint density at radius 2 is 2.06 bits per heavy atom. The molecule has 96 valence electrons. The Balaban J connectivity index is 2.95. The topological polar surface area (TPSA) is 20.3 Å². The van der Waals surface area contributed by atoms with E-state index in [-0.39, 0.29) is 11.9 Å². The number of thiophene rings is 1. The number of amides is 1. The van der Waals surface area contributed by atoms with E-state index in [1.54, 1.807) is 16.2 Å². The van der Waals surface area contributed by atoms with Gasteiger partial charge in [0.2, 0.25) is 0 Å². The smallest absolute Gasteiger partial charge is 0.263 e. The van der Waals surface area contributed by atoms with Crippen LogP contribution < -0.4 is 0 Å². The van der Waals surface area contributed by atoms with Gasteiger partial charge in [-0.2, -0.15) is 0 Å². The average molecular weight is 253 g/mol. The molecule has 17 heavy (non-hydrogen) atoms. The largest absolute Gasteiger partial charge is 0.339 e. The minimum absolute atomic E-state index is 0.155. The lowest BCUT2D eigenvalue weighted by molar-refractivity contribution is 0.0760. The number of rotatable bonds is 5. The van der Waals surface area contributed by atoms with E-state index in [0.29, 0.717) is 0 Å². The average Bonchev–Trinajstić information content (AvgIpc) is 2.70. The summed E-state index contributed by atoms with van der Waals surface area (Å²) in [6.07, 6.45) is 3.25. The second-order valence-corrected chi connectivity index (χ2v) is 5.81. The van der Waals surface area contributed by atoms with Crippen LogP contribution in [-0.2, 0) is 12.8 Å². The molecule has 0 spiro atoms. The third-order valence-electron chi connectivity index (χ3n) is 3.06. The number of carbonyl (C=O) groups excluding carboxylic acids is 1. The summed E-state index contributed by atoms with van der Waals surface area (Å²) >= 11 is 1.67. The summed E-state index contributed by atoms with van der Waals surface area (Å²) < 4.78 is 0. The third kappa shape index (κ3) is 3.32. The number of nitrogens with zero attached hydrogens (tertiary/aromatic N) is 1. The maximum absolute atomic E-state index is 12.2. The SMILES string of the molecule is CCCc1sc(C(=O)N(C)C(C)C)cc1CC. The van der Waals surface area contributed by atoms with Gasteiger partial charge >= 0.3 is 0 Å². The summed E-state index contributed by atoms with van der Waals surface area (Å²) in [6.45, 7) is 8.42. The van der Waals surface area contributed by atoms with Gasteiger partial charge in [0, 0.05) is 18.0 Å². The Hall–Kier alpha value is -0.830. The number of aryl methyl sites for hydroxylation is 2. The lowest BCUT2D eigenvalue weighted by Gasteiger charge is -2.20. The van der Waals surface area contributed by atoms with E-state index in [9.17, 15) is 4.79 Å². The molecule has 0 aromatic carbocycles. The molecular formula is C14H23NOS. The van der Waals surface area contributed by atoms with Crippen LogP contribution in [0.4, 0.5) is 0 Å². The van der Waals surface area contributed by atoms with Crippen molar-refractivity contribution >= 4 is 17.2 Å². The maximum Gasteiger partial charge on any atom is 0.263 e. The highest BCUT2D eigenvalue weighted by atomic mass is 32.1. The molecule has 0 atom stereocenters. The van der Waals surface area contributed by atoms with Crippen molar-refractivity contribution in [3.05, 3.63) is 21.4 Å². The highest BCUT2D eigenvalue weighted by Gasteiger charge is 2.18.